The van der Waals surface area contributed by atoms with E-state index in [4.69, 9.17) is 11.6 Å². The zero-order valence-corrected chi connectivity index (χ0v) is 16.0. The van der Waals surface area contributed by atoms with Crippen LogP contribution in [0.1, 0.15) is 25.6 Å². The average Bonchev–Trinajstić information content (AvgIpc) is 3.00. The van der Waals surface area contributed by atoms with E-state index in [0.717, 1.165) is 10.6 Å². The van der Waals surface area contributed by atoms with Crippen molar-refractivity contribution in [3.05, 3.63) is 39.7 Å². The largest absolute Gasteiger partial charge is 0.261 e. The van der Waals surface area contributed by atoms with Gasteiger partial charge >= 0.3 is 0 Å². The van der Waals surface area contributed by atoms with Gasteiger partial charge in [0.25, 0.3) is 0 Å². The van der Waals surface area contributed by atoms with E-state index in [0.29, 0.717) is 23.2 Å². The quantitative estimate of drug-likeness (QED) is 0.582. The number of nitrogens with one attached hydrogen (secondary N) is 1. The summed E-state index contributed by atoms with van der Waals surface area (Å²) in [5.41, 5.74) is 3.59. The van der Waals surface area contributed by atoms with Gasteiger partial charge in [-0.2, -0.15) is 9.41 Å². The van der Waals surface area contributed by atoms with Gasteiger partial charge < -0.3 is 0 Å². The summed E-state index contributed by atoms with van der Waals surface area (Å²) in [6, 6.07) is 6.82. The third-order valence-corrected chi connectivity index (χ3v) is 6.72. The number of anilines is 1. The maximum Gasteiger partial charge on any atom is 0.244 e. The molecule has 130 valence electrons. The first kappa shape index (κ1) is 18.9. The first-order chi connectivity index (χ1) is 11.4. The van der Waals surface area contributed by atoms with Crippen molar-refractivity contribution in [1.82, 2.24) is 9.29 Å². The van der Waals surface area contributed by atoms with Gasteiger partial charge in [0.2, 0.25) is 10.0 Å². The molecule has 0 aliphatic carbocycles. The van der Waals surface area contributed by atoms with Crippen molar-refractivity contribution in [2.75, 3.05) is 18.5 Å². The van der Waals surface area contributed by atoms with E-state index in [1.54, 1.807) is 19.9 Å². The van der Waals surface area contributed by atoms with Crippen LogP contribution >= 0.6 is 22.9 Å². The molecule has 0 saturated heterocycles. The second kappa shape index (κ2) is 8.06. The van der Waals surface area contributed by atoms with E-state index < -0.39 is 10.0 Å². The minimum absolute atomic E-state index is 0.169. The predicted molar refractivity (Wildman–Crippen MR) is 99.5 cm³/mol. The highest BCUT2D eigenvalue weighted by Gasteiger charge is 2.21. The van der Waals surface area contributed by atoms with Gasteiger partial charge in [0.05, 0.1) is 14.9 Å². The molecular weight excluding hydrogens is 368 g/mol. The summed E-state index contributed by atoms with van der Waals surface area (Å²) in [5.74, 6) is 0.468. The Balaban J connectivity index is 2.12. The van der Waals surface area contributed by atoms with Crippen molar-refractivity contribution in [3.63, 3.8) is 0 Å². The molecule has 2 heterocycles. The summed E-state index contributed by atoms with van der Waals surface area (Å²) in [6.45, 7) is 6.31. The second-order valence-electron chi connectivity index (χ2n) is 4.88. The Hall–Kier alpha value is -1.48. The second-order valence-corrected chi connectivity index (χ2v) is 8.53. The van der Waals surface area contributed by atoms with Crippen LogP contribution in [0.25, 0.3) is 0 Å². The Morgan fingerprint density at radius 3 is 2.50 bits per heavy atom. The molecule has 0 fully saturated rings. The van der Waals surface area contributed by atoms with Crippen LogP contribution in [0.3, 0.4) is 0 Å². The molecule has 6 nitrogen and oxygen atoms in total. The summed E-state index contributed by atoms with van der Waals surface area (Å²) in [4.78, 5) is 5.24. The molecule has 2 aromatic rings. The molecule has 0 amide bonds. The third-order valence-electron chi connectivity index (χ3n) is 3.35. The number of rotatable bonds is 7. The van der Waals surface area contributed by atoms with Crippen LogP contribution in [-0.2, 0) is 10.0 Å². The van der Waals surface area contributed by atoms with Gasteiger partial charge in [0, 0.05) is 19.3 Å². The number of aromatic nitrogens is 1. The summed E-state index contributed by atoms with van der Waals surface area (Å²) in [5, 5.41) is 4.23. The lowest BCUT2D eigenvalue weighted by Crippen LogP contribution is -2.30. The molecule has 0 aliphatic heterocycles. The lowest BCUT2D eigenvalue weighted by molar-refractivity contribution is 0.445. The Kier molecular flexibility index (Phi) is 6.34. The number of halogens is 1. The molecule has 0 unspecified atom stereocenters. The van der Waals surface area contributed by atoms with E-state index in [1.807, 2.05) is 19.1 Å². The van der Waals surface area contributed by atoms with Crippen molar-refractivity contribution in [3.8, 4) is 0 Å². The van der Waals surface area contributed by atoms with Gasteiger partial charge in [-0.1, -0.05) is 25.4 Å². The molecule has 0 atom stereocenters. The summed E-state index contributed by atoms with van der Waals surface area (Å²) >= 11 is 7.34. The minimum Gasteiger partial charge on any atom is -0.261 e. The molecule has 0 aromatic carbocycles. The number of hydrazone groups is 1. The molecule has 0 radical (unpaired) electrons. The highest BCUT2D eigenvalue weighted by Crippen LogP contribution is 2.22. The van der Waals surface area contributed by atoms with E-state index in [1.165, 1.54) is 27.9 Å². The molecule has 0 spiro atoms. The Bertz CT molecular complexity index is 812. The maximum absolute atomic E-state index is 12.4. The highest BCUT2D eigenvalue weighted by atomic mass is 35.5. The number of sulfonamides is 1. The van der Waals surface area contributed by atoms with Crippen molar-refractivity contribution in [2.24, 2.45) is 5.10 Å². The fourth-order valence-corrected chi connectivity index (χ4v) is 4.41. The fraction of sp³-hybridized carbons (Fsp3) is 0.333. The van der Waals surface area contributed by atoms with Crippen molar-refractivity contribution in [1.29, 1.82) is 0 Å². The molecule has 2 aromatic heterocycles. The van der Waals surface area contributed by atoms with Gasteiger partial charge in [0.1, 0.15) is 10.7 Å². The normalized spacial score (nSPS) is 12.6. The van der Waals surface area contributed by atoms with Crippen LogP contribution in [-0.4, -0.2) is 36.5 Å². The molecule has 0 aliphatic rings. The number of hydrogen-bond donors (Lipinski definition) is 1. The molecule has 9 heteroatoms. The van der Waals surface area contributed by atoms with Crippen molar-refractivity contribution in [2.45, 2.75) is 25.7 Å². The van der Waals surface area contributed by atoms with Gasteiger partial charge in [-0.15, -0.1) is 11.3 Å². The third kappa shape index (κ3) is 4.32. The predicted octanol–water partition coefficient (Wildman–Crippen LogP) is 3.66. The van der Waals surface area contributed by atoms with Crippen molar-refractivity contribution >= 4 is 44.5 Å². The SMILES string of the molecule is CCN(CC)S(=O)(=O)c1ccc(NN=C(C)c2ccc(Cl)s2)nc1. The van der Waals surface area contributed by atoms with Crippen LogP contribution in [0, 0.1) is 0 Å². The molecule has 2 rings (SSSR count). The van der Waals surface area contributed by atoms with Crippen LogP contribution in [0.4, 0.5) is 5.82 Å². The zero-order chi connectivity index (χ0) is 17.7. The average molecular weight is 387 g/mol. The molecule has 0 saturated carbocycles. The molecule has 0 bridgehead atoms. The van der Waals surface area contributed by atoms with Gasteiger partial charge in [-0.3, -0.25) is 5.43 Å². The van der Waals surface area contributed by atoms with E-state index >= 15 is 0 Å². The molecular formula is C15H19ClN4O2S2. The summed E-state index contributed by atoms with van der Waals surface area (Å²) in [7, 11) is -3.50. The van der Waals surface area contributed by atoms with Crippen LogP contribution < -0.4 is 5.43 Å². The van der Waals surface area contributed by atoms with E-state index in [-0.39, 0.29) is 4.90 Å². The van der Waals surface area contributed by atoms with Gasteiger partial charge in [-0.05, 0) is 31.2 Å². The summed E-state index contributed by atoms with van der Waals surface area (Å²) < 4.78 is 26.9. The van der Waals surface area contributed by atoms with E-state index in [9.17, 15) is 8.42 Å². The lowest BCUT2D eigenvalue weighted by Gasteiger charge is -2.18. The van der Waals surface area contributed by atoms with E-state index in [2.05, 4.69) is 15.5 Å². The number of thiophene rings is 1. The van der Waals surface area contributed by atoms with Crippen molar-refractivity contribution < 1.29 is 8.42 Å². The lowest BCUT2D eigenvalue weighted by atomic mass is 10.3. The Labute approximate surface area is 151 Å². The first-order valence-corrected chi connectivity index (χ1v) is 10.0. The van der Waals surface area contributed by atoms with Crippen LogP contribution in [0.15, 0.2) is 40.5 Å². The molecule has 1 N–H and O–H groups in total. The number of nitrogens with zero attached hydrogens (tertiary/aromatic N) is 3. The smallest absolute Gasteiger partial charge is 0.244 e. The maximum atomic E-state index is 12.4. The van der Waals surface area contributed by atoms with Gasteiger partial charge in [-0.25, -0.2) is 13.4 Å². The van der Waals surface area contributed by atoms with Crippen LogP contribution in [0.5, 0.6) is 0 Å². The fourth-order valence-electron chi connectivity index (χ4n) is 2.02. The Morgan fingerprint density at radius 2 is 2.00 bits per heavy atom. The highest BCUT2D eigenvalue weighted by molar-refractivity contribution is 7.89. The first-order valence-electron chi connectivity index (χ1n) is 7.40. The standard InChI is InChI=1S/C15H19ClN4O2S2/c1-4-20(5-2)24(21,22)12-6-9-15(17-10-12)19-18-11(3)13-7-8-14(16)23-13/h6-10H,4-5H2,1-3H3,(H,17,19). The van der Waals surface area contributed by atoms with Crippen LogP contribution in [0.2, 0.25) is 4.34 Å². The zero-order valence-electron chi connectivity index (χ0n) is 13.7. The topological polar surface area (TPSA) is 74.7 Å². The number of hydrogen-bond acceptors (Lipinski definition) is 6. The minimum atomic E-state index is -3.50. The molecule has 24 heavy (non-hydrogen) atoms. The van der Waals surface area contributed by atoms with Gasteiger partial charge in [0.15, 0.2) is 0 Å². The number of pyridine rings is 1. The monoisotopic (exact) mass is 386 g/mol. The summed E-state index contributed by atoms with van der Waals surface area (Å²) in [6.07, 6.45) is 1.34. The Morgan fingerprint density at radius 1 is 1.29 bits per heavy atom.